The molecule has 0 bridgehead atoms. The van der Waals surface area contributed by atoms with Gasteiger partial charge in [0.15, 0.2) is 0 Å². The van der Waals surface area contributed by atoms with Crippen LogP contribution in [-0.2, 0) is 4.79 Å². The second kappa shape index (κ2) is 6.95. The summed E-state index contributed by atoms with van der Waals surface area (Å²) in [6, 6.07) is 3.56. The molecule has 1 heterocycles. The van der Waals surface area contributed by atoms with Crippen molar-refractivity contribution in [1.29, 1.82) is 0 Å². The van der Waals surface area contributed by atoms with Gasteiger partial charge in [0, 0.05) is 43.9 Å². The summed E-state index contributed by atoms with van der Waals surface area (Å²) in [6.45, 7) is 4.88. The van der Waals surface area contributed by atoms with Crippen LogP contribution in [0.1, 0.15) is 18.5 Å². The summed E-state index contributed by atoms with van der Waals surface area (Å²) in [5.41, 5.74) is 0.492. The molecule has 0 radical (unpaired) electrons. The number of benzene rings is 1. The standard InChI is InChI=1S/C15H21F2N3O/c1-11(13-4-3-12(16)9-14(13)17)19-5-7-20(8-6-19)15(21)10-18-2/h3-4,9,11,18H,5-8,10H2,1-2H3/t11-/m0/s1. The number of halogens is 2. The SMILES string of the molecule is CNCC(=O)N1CCN([C@@H](C)c2ccc(F)cc2F)CC1. The Kier molecular flexibility index (Phi) is 5.25. The summed E-state index contributed by atoms with van der Waals surface area (Å²) in [4.78, 5) is 15.7. The average molecular weight is 297 g/mol. The lowest BCUT2D eigenvalue weighted by Gasteiger charge is -2.38. The molecule has 1 fully saturated rings. The van der Waals surface area contributed by atoms with E-state index in [0.717, 1.165) is 6.07 Å². The van der Waals surface area contributed by atoms with E-state index in [4.69, 9.17) is 0 Å². The van der Waals surface area contributed by atoms with Crippen molar-refractivity contribution in [1.82, 2.24) is 15.1 Å². The summed E-state index contributed by atoms with van der Waals surface area (Å²) < 4.78 is 26.8. The van der Waals surface area contributed by atoms with Gasteiger partial charge in [-0.25, -0.2) is 8.78 Å². The van der Waals surface area contributed by atoms with Crippen LogP contribution in [0.25, 0.3) is 0 Å². The minimum Gasteiger partial charge on any atom is -0.339 e. The Balaban J connectivity index is 1.97. The molecular formula is C15H21F2N3O. The highest BCUT2D eigenvalue weighted by Crippen LogP contribution is 2.24. The lowest BCUT2D eigenvalue weighted by Crippen LogP contribution is -2.51. The Hall–Kier alpha value is -1.53. The van der Waals surface area contributed by atoms with Crippen molar-refractivity contribution in [2.45, 2.75) is 13.0 Å². The second-order valence-electron chi connectivity index (χ2n) is 5.29. The molecule has 1 aliphatic rings. The molecule has 0 aliphatic carbocycles. The van der Waals surface area contributed by atoms with E-state index in [-0.39, 0.29) is 11.9 Å². The molecule has 1 amide bonds. The predicted molar refractivity (Wildman–Crippen MR) is 76.9 cm³/mol. The lowest BCUT2D eigenvalue weighted by atomic mass is 10.1. The van der Waals surface area contributed by atoms with Gasteiger partial charge in [-0.3, -0.25) is 9.69 Å². The van der Waals surface area contributed by atoms with Crippen molar-refractivity contribution in [3.05, 3.63) is 35.4 Å². The van der Waals surface area contributed by atoms with Gasteiger partial charge in [-0.1, -0.05) is 6.07 Å². The number of rotatable bonds is 4. The topological polar surface area (TPSA) is 35.6 Å². The minimum absolute atomic E-state index is 0.0813. The molecule has 0 spiro atoms. The number of nitrogens with zero attached hydrogens (tertiary/aromatic N) is 2. The van der Waals surface area contributed by atoms with Gasteiger partial charge in [0.25, 0.3) is 0 Å². The smallest absolute Gasteiger partial charge is 0.236 e. The highest BCUT2D eigenvalue weighted by Gasteiger charge is 2.25. The summed E-state index contributed by atoms with van der Waals surface area (Å²) in [7, 11) is 1.74. The number of likely N-dealkylation sites (N-methyl/N-ethyl adjacent to an activating group) is 1. The van der Waals surface area contributed by atoms with Crippen molar-refractivity contribution < 1.29 is 13.6 Å². The van der Waals surface area contributed by atoms with Crippen LogP contribution in [0.2, 0.25) is 0 Å². The Morgan fingerprint density at radius 3 is 2.52 bits per heavy atom. The molecule has 0 saturated carbocycles. The minimum atomic E-state index is -0.564. The summed E-state index contributed by atoms with van der Waals surface area (Å²) >= 11 is 0. The maximum absolute atomic E-state index is 13.8. The van der Waals surface area contributed by atoms with E-state index >= 15 is 0 Å². The fraction of sp³-hybridized carbons (Fsp3) is 0.533. The van der Waals surface area contributed by atoms with Crippen LogP contribution in [0.5, 0.6) is 0 Å². The lowest BCUT2D eigenvalue weighted by molar-refractivity contribution is -0.132. The Bertz CT molecular complexity index is 502. The number of hydrogen-bond acceptors (Lipinski definition) is 3. The first-order valence-corrected chi connectivity index (χ1v) is 7.14. The molecule has 2 rings (SSSR count). The zero-order valence-corrected chi connectivity index (χ0v) is 12.4. The molecule has 0 unspecified atom stereocenters. The van der Waals surface area contributed by atoms with E-state index in [1.807, 2.05) is 6.92 Å². The average Bonchev–Trinajstić information content (AvgIpc) is 2.47. The second-order valence-corrected chi connectivity index (χ2v) is 5.29. The van der Waals surface area contributed by atoms with E-state index in [1.54, 1.807) is 11.9 Å². The van der Waals surface area contributed by atoms with Crippen molar-refractivity contribution in [2.75, 3.05) is 39.8 Å². The van der Waals surface area contributed by atoms with Gasteiger partial charge < -0.3 is 10.2 Å². The Labute approximate surface area is 123 Å². The number of carbonyl (C=O) groups is 1. The molecule has 21 heavy (non-hydrogen) atoms. The zero-order valence-electron chi connectivity index (χ0n) is 12.4. The van der Waals surface area contributed by atoms with Crippen LogP contribution in [0, 0.1) is 11.6 Å². The van der Waals surface area contributed by atoms with Gasteiger partial charge >= 0.3 is 0 Å². The van der Waals surface area contributed by atoms with Crippen LogP contribution in [-0.4, -0.2) is 55.5 Å². The maximum Gasteiger partial charge on any atom is 0.236 e. The fourth-order valence-electron chi connectivity index (χ4n) is 2.66. The van der Waals surface area contributed by atoms with E-state index in [0.29, 0.717) is 38.3 Å². The summed E-state index contributed by atoms with van der Waals surface area (Å²) in [5, 5.41) is 2.85. The first-order valence-electron chi connectivity index (χ1n) is 7.14. The normalized spacial score (nSPS) is 17.8. The molecule has 1 N–H and O–H groups in total. The highest BCUT2D eigenvalue weighted by molar-refractivity contribution is 5.78. The van der Waals surface area contributed by atoms with E-state index in [9.17, 15) is 13.6 Å². The van der Waals surface area contributed by atoms with Crippen LogP contribution in [0.15, 0.2) is 18.2 Å². The van der Waals surface area contributed by atoms with E-state index < -0.39 is 11.6 Å². The third-order valence-electron chi connectivity index (χ3n) is 3.96. The fourth-order valence-corrected chi connectivity index (χ4v) is 2.66. The first kappa shape index (κ1) is 15.9. The maximum atomic E-state index is 13.8. The molecule has 116 valence electrons. The number of carbonyl (C=O) groups excluding carboxylic acids is 1. The quantitative estimate of drug-likeness (QED) is 0.912. The first-order chi connectivity index (χ1) is 10.0. The number of hydrogen-bond donors (Lipinski definition) is 1. The van der Waals surface area contributed by atoms with E-state index in [1.165, 1.54) is 12.1 Å². The Morgan fingerprint density at radius 2 is 1.95 bits per heavy atom. The monoisotopic (exact) mass is 297 g/mol. The van der Waals surface area contributed by atoms with Crippen molar-refractivity contribution in [3.63, 3.8) is 0 Å². The van der Waals surface area contributed by atoms with Gasteiger partial charge in [-0.15, -0.1) is 0 Å². The molecule has 6 heteroatoms. The predicted octanol–water partition coefficient (Wildman–Crippen LogP) is 1.39. The van der Waals surface area contributed by atoms with Gasteiger partial charge in [0.1, 0.15) is 11.6 Å². The van der Waals surface area contributed by atoms with Gasteiger partial charge in [0.05, 0.1) is 6.54 Å². The van der Waals surface area contributed by atoms with Crippen LogP contribution in [0.4, 0.5) is 8.78 Å². The zero-order chi connectivity index (χ0) is 15.4. The van der Waals surface area contributed by atoms with Crippen molar-refractivity contribution >= 4 is 5.91 Å². The van der Waals surface area contributed by atoms with Crippen molar-refractivity contribution in [2.24, 2.45) is 0 Å². The van der Waals surface area contributed by atoms with Gasteiger partial charge in [0.2, 0.25) is 5.91 Å². The number of amides is 1. The van der Waals surface area contributed by atoms with Crippen LogP contribution >= 0.6 is 0 Å². The van der Waals surface area contributed by atoms with Gasteiger partial charge in [-0.2, -0.15) is 0 Å². The summed E-state index contributed by atoms with van der Waals surface area (Å²) in [5.74, 6) is -1.00. The molecule has 1 atom stereocenters. The highest BCUT2D eigenvalue weighted by atomic mass is 19.1. The molecule has 1 aromatic carbocycles. The Morgan fingerprint density at radius 1 is 1.29 bits per heavy atom. The number of nitrogens with one attached hydrogen (secondary N) is 1. The molecule has 1 saturated heterocycles. The van der Waals surface area contributed by atoms with Crippen LogP contribution < -0.4 is 5.32 Å². The number of piperazine rings is 1. The third kappa shape index (κ3) is 3.77. The van der Waals surface area contributed by atoms with Crippen LogP contribution in [0.3, 0.4) is 0 Å². The summed E-state index contributed by atoms with van der Waals surface area (Å²) in [6.07, 6.45) is 0. The largest absolute Gasteiger partial charge is 0.339 e. The molecule has 0 aromatic heterocycles. The molecule has 1 aliphatic heterocycles. The van der Waals surface area contributed by atoms with E-state index in [2.05, 4.69) is 10.2 Å². The molecular weight excluding hydrogens is 276 g/mol. The molecule has 1 aromatic rings. The third-order valence-corrected chi connectivity index (χ3v) is 3.96. The van der Waals surface area contributed by atoms with Crippen molar-refractivity contribution in [3.8, 4) is 0 Å². The molecule has 4 nitrogen and oxygen atoms in total. The van der Waals surface area contributed by atoms with Gasteiger partial charge in [-0.05, 0) is 20.0 Å².